The Morgan fingerprint density at radius 1 is 1.78 bits per heavy atom. The van der Waals surface area contributed by atoms with Gasteiger partial charge in [-0.25, -0.2) is 0 Å². The first-order chi connectivity index (χ1) is 4.33. The molecule has 52 valence electrons. The molecule has 0 bridgehead atoms. The number of carbonyl (C=O) groups excluding carboxylic acids is 1. The quantitative estimate of drug-likeness (QED) is 0.531. The van der Waals surface area contributed by atoms with E-state index in [0.29, 0.717) is 12.5 Å². The zero-order chi connectivity index (χ0) is 6.69. The molecule has 0 aromatic heterocycles. The molecule has 0 saturated heterocycles. The van der Waals surface area contributed by atoms with Gasteiger partial charge < -0.3 is 9.53 Å². The van der Waals surface area contributed by atoms with Gasteiger partial charge in [0.15, 0.2) is 0 Å². The Kier molecular flexibility index (Phi) is 2.22. The second kappa shape index (κ2) is 2.97. The lowest BCUT2D eigenvalue weighted by atomic mass is 10.3. The van der Waals surface area contributed by atoms with Gasteiger partial charge in [-0.15, -0.1) is 0 Å². The summed E-state index contributed by atoms with van der Waals surface area (Å²) in [5.74, 6) is 0. The van der Waals surface area contributed by atoms with Crippen LogP contribution in [0.1, 0.15) is 26.2 Å². The molecule has 1 saturated carbocycles. The van der Waals surface area contributed by atoms with Gasteiger partial charge in [0.25, 0.3) is 0 Å². The Hall–Kier alpha value is -0.370. The van der Waals surface area contributed by atoms with Gasteiger partial charge in [0, 0.05) is 6.42 Å². The van der Waals surface area contributed by atoms with Crippen LogP contribution in [-0.4, -0.2) is 18.5 Å². The number of hydrogen-bond donors (Lipinski definition) is 0. The van der Waals surface area contributed by atoms with E-state index in [9.17, 15) is 4.79 Å². The Labute approximate surface area is 55.2 Å². The minimum Gasteiger partial charge on any atom is -0.375 e. The Balaban J connectivity index is 2.01. The van der Waals surface area contributed by atoms with Crippen LogP contribution in [0.2, 0.25) is 0 Å². The second-order valence-corrected chi connectivity index (χ2v) is 2.55. The normalized spacial score (nSPS) is 21.4. The Bertz CT molecular complexity index is 97.1. The first-order valence-corrected chi connectivity index (χ1v) is 3.42. The molecule has 0 unspecified atom stereocenters. The maximum Gasteiger partial charge on any atom is 0.122 e. The fourth-order valence-corrected chi connectivity index (χ4v) is 0.724. The number of carbonyl (C=O) groups is 1. The van der Waals surface area contributed by atoms with Crippen LogP contribution >= 0.6 is 0 Å². The Morgan fingerprint density at radius 3 is 2.89 bits per heavy atom. The molecule has 1 rings (SSSR count). The number of aldehydes is 1. The zero-order valence-electron chi connectivity index (χ0n) is 5.67. The van der Waals surface area contributed by atoms with Gasteiger partial charge >= 0.3 is 0 Å². The molecule has 0 radical (unpaired) electrons. The third-order valence-electron chi connectivity index (χ3n) is 1.38. The van der Waals surface area contributed by atoms with Crippen LogP contribution in [0.25, 0.3) is 0 Å². The van der Waals surface area contributed by atoms with Gasteiger partial charge in [0.1, 0.15) is 6.29 Å². The van der Waals surface area contributed by atoms with Crippen LogP contribution < -0.4 is 0 Å². The van der Waals surface area contributed by atoms with Crippen molar-refractivity contribution >= 4 is 6.29 Å². The molecule has 1 atom stereocenters. The van der Waals surface area contributed by atoms with E-state index in [1.807, 2.05) is 6.92 Å². The number of ether oxygens (including phenoxy) is 1. The van der Waals surface area contributed by atoms with Crippen LogP contribution in [-0.2, 0) is 9.53 Å². The molecule has 0 amide bonds. The topological polar surface area (TPSA) is 26.3 Å². The van der Waals surface area contributed by atoms with Crippen molar-refractivity contribution in [2.75, 3.05) is 0 Å². The van der Waals surface area contributed by atoms with Gasteiger partial charge in [-0.3, -0.25) is 0 Å². The molecule has 0 aromatic rings. The van der Waals surface area contributed by atoms with Crippen LogP contribution in [0, 0.1) is 0 Å². The summed E-state index contributed by atoms with van der Waals surface area (Å²) < 4.78 is 5.37. The fourth-order valence-electron chi connectivity index (χ4n) is 0.724. The van der Waals surface area contributed by atoms with Crippen molar-refractivity contribution in [2.45, 2.75) is 38.4 Å². The lowest BCUT2D eigenvalue weighted by molar-refractivity contribution is -0.110. The maximum atomic E-state index is 9.94. The summed E-state index contributed by atoms with van der Waals surface area (Å²) in [6, 6.07) is 0. The first kappa shape index (κ1) is 6.75. The first-order valence-electron chi connectivity index (χ1n) is 3.42. The Morgan fingerprint density at radius 2 is 2.44 bits per heavy atom. The van der Waals surface area contributed by atoms with Gasteiger partial charge in [-0.1, -0.05) is 0 Å². The van der Waals surface area contributed by atoms with E-state index in [4.69, 9.17) is 4.74 Å². The van der Waals surface area contributed by atoms with E-state index >= 15 is 0 Å². The molecule has 2 heteroatoms. The fraction of sp³-hybridized carbons (Fsp3) is 0.857. The summed E-state index contributed by atoms with van der Waals surface area (Å²) in [6.07, 6.45) is 4.42. The van der Waals surface area contributed by atoms with Crippen molar-refractivity contribution in [3.8, 4) is 0 Å². The lowest BCUT2D eigenvalue weighted by Gasteiger charge is -2.06. The average Bonchev–Trinajstić information content (AvgIpc) is 2.50. The van der Waals surface area contributed by atoms with Crippen molar-refractivity contribution in [1.82, 2.24) is 0 Å². The second-order valence-electron chi connectivity index (χ2n) is 2.55. The summed E-state index contributed by atoms with van der Waals surface area (Å²) in [5, 5.41) is 0. The van der Waals surface area contributed by atoms with Crippen molar-refractivity contribution in [2.24, 2.45) is 0 Å². The minimum atomic E-state index is 0.134. The van der Waals surface area contributed by atoms with Gasteiger partial charge in [0.05, 0.1) is 12.2 Å². The van der Waals surface area contributed by atoms with E-state index < -0.39 is 0 Å². The van der Waals surface area contributed by atoms with Crippen molar-refractivity contribution < 1.29 is 9.53 Å². The molecule has 1 aliphatic carbocycles. The van der Waals surface area contributed by atoms with E-state index in [1.54, 1.807) is 0 Å². The molecule has 1 fully saturated rings. The van der Waals surface area contributed by atoms with E-state index in [0.717, 1.165) is 6.29 Å². The monoisotopic (exact) mass is 128 g/mol. The molecule has 0 aromatic carbocycles. The molecule has 0 aliphatic heterocycles. The largest absolute Gasteiger partial charge is 0.375 e. The van der Waals surface area contributed by atoms with Crippen LogP contribution in [0.15, 0.2) is 0 Å². The molecule has 9 heavy (non-hydrogen) atoms. The summed E-state index contributed by atoms with van der Waals surface area (Å²) in [4.78, 5) is 9.94. The predicted octanol–water partition coefficient (Wildman–Crippen LogP) is 1.14. The molecular weight excluding hydrogens is 116 g/mol. The van der Waals surface area contributed by atoms with Gasteiger partial charge in [-0.05, 0) is 19.8 Å². The van der Waals surface area contributed by atoms with Crippen molar-refractivity contribution in [3.63, 3.8) is 0 Å². The third-order valence-corrected chi connectivity index (χ3v) is 1.38. The van der Waals surface area contributed by atoms with Crippen LogP contribution in [0.3, 0.4) is 0 Å². The van der Waals surface area contributed by atoms with Crippen LogP contribution in [0.4, 0.5) is 0 Å². The van der Waals surface area contributed by atoms with Gasteiger partial charge in [0.2, 0.25) is 0 Å². The molecular formula is C7H12O2. The summed E-state index contributed by atoms with van der Waals surface area (Å²) in [6.45, 7) is 1.94. The SMILES string of the molecule is C[C@H](CC=O)OC1CC1. The lowest BCUT2D eigenvalue weighted by Crippen LogP contribution is -2.09. The molecule has 1 aliphatic rings. The minimum absolute atomic E-state index is 0.134. The molecule has 0 heterocycles. The molecule has 0 N–H and O–H groups in total. The van der Waals surface area contributed by atoms with E-state index in [-0.39, 0.29) is 6.10 Å². The summed E-state index contributed by atoms with van der Waals surface area (Å²) >= 11 is 0. The zero-order valence-corrected chi connectivity index (χ0v) is 5.67. The molecule has 2 nitrogen and oxygen atoms in total. The molecule has 0 spiro atoms. The average molecular weight is 128 g/mol. The van der Waals surface area contributed by atoms with Crippen molar-refractivity contribution in [1.29, 1.82) is 0 Å². The van der Waals surface area contributed by atoms with Gasteiger partial charge in [-0.2, -0.15) is 0 Å². The highest BCUT2D eigenvalue weighted by molar-refractivity contribution is 5.49. The summed E-state index contributed by atoms with van der Waals surface area (Å²) in [5.41, 5.74) is 0. The highest BCUT2D eigenvalue weighted by Gasteiger charge is 2.23. The highest BCUT2D eigenvalue weighted by Crippen LogP contribution is 2.25. The standard InChI is InChI=1S/C7H12O2/c1-6(4-5-8)9-7-2-3-7/h5-7H,2-4H2,1H3/t6-/m1/s1. The number of hydrogen-bond acceptors (Lipinski definition) is 2. The smallest absolute Gasteiger partial charge is 0.122 e. The van der Waals surface area contributed by atoms with Crippen LogP contribution in [0.5, 0.6) is 0 Å². The van der Waals surface area contributed by atoms with E-state index in [1.165, 1.54) is 12.8 Å². The van der Waals surface area contributed by atoms with Crippen molar-refractivity contribution in [3.05, 3.63) is 0 Å². The van der Waals surface area contributed by atoms with E-state index in [2.05, 4.69) is 0 Å². The number of rotatable bonds is 4. The highest BCUT2D eigenvalue weighted by atomic mass is 16.5. The summed E-state index contributed by atoms with van der Waals surface area (Å²) in [7, 11) is 0. The third kappa shape index (κ3) is 2.61. The predicted molar refractivity (Wildman–Crippen MR) is 34.2 cm³/mol. The maximum absolute atomic E-state index is 9.94.